The van der Waals surface area contributed by atoms with Gasteiger partial charge in [0.05, 0.1) is 0 Å². The molecule has 1 fully saturated rings. The van der Waals surface area contributed by atoms with E-state index in [-0.39, 0.29) is 5.91 Å². The molecule has 4 nitrogen and oxygen atoms in total. The molecule has 0 aromatic heterocycles. The highest BCUT2D eigenvalue weighted by atomic mass is 35.5. The Labute approximate surface area is 118 Å². The van der Waals surface area contributed by atoms with Crippen LogP contribution in [-0.2, 0) is 4.79 Å². The summed E-state index contributed by atoms with van der Waals surface area (Å²) in [4.78, 5) is 12.0. The second-order valence-corrected chi connectivity index (χ2v) is 5.65. The Morgan fingerprint density at radius 2 is 1.95 bits per heavy atom. The number of carbonyl (C=O) groups excluding carboxylic acids is 1. The number of hydrogen-bond donors (Lipinski definition) is 3. The maximum absolute atomic E-state index is 12.0. The van der Waals surface area contributed by atoms with Gasteiger partial charge in [-0.2, -0.15) is 0 Å². The van der Waals surface area contributed by atoms with Crippen LogP contribution in [0.4, 0.5) is 5.69 Å². The highest BCUT2D eigenvalue weighted by molar-refractivity contribution is 6.31. The van der Waals surface area contributed by atoms with Gasteiger partial charge in [0.25, 0.3) is 0 Å². The number of anilines is 1. The first-order chi connectivity index (χ1) is 8.97. The van der Waals surface area contributed by atoms with Crippen molar-refractivity contribution >= 4 is 23.2 Å². The summed E-state index contributed by atoms with van der Waals surface area (Å²) in [7, 11) is 0. The number of carbonyl (C=O) groups is 1. The highest BCUT2D eigenvalue weighted by Gasteiger charge is 2.31. The van der Waals surface area contributed by atoms with Gasteiger partial charge in [-0.05, 0) is 38.5 Å². The molecule has 3 N–H and O–H groups in total. The van der Waals surface area contributed by atoms with Gasteiger partial charge in [0.15, 0.2) is 0 Å². The summed E-state index contributed by atoms with van der Waals surface area (Å²) in [6.45, 7) is 6.10. The molecule has 0 bridgehead atoms. The summed E-state index contributed by atoms with van der Waals surface area (Å²) in [6.07, 6.45) is 0.494. The third-order valence-electron chi connectivity index (χ3n) is 3.70. The first-order valence-electron chi connectivity index (χ1n) is 6.54. The molecule has 0 spiro atoms. The van der Waals surface area contributed by atoms with E-state index in [9.17, 15) is 4.79 Å². The largest absolute Gasteiger partial charge is 0.326 e. The third-order valence-corrected chi connectivity index (χ3v) is 4.11. The molecular weight excluding hydrogens is 262 g/mol. The molecule has 1 amide bonds. The van der Waals surface area contributed by atoms with Crippen molar-refractivity contribution in [3.8, 4) is 0 Å². The lowest BCUT2D eigenvalue weighted by atomic mass is 9.93. The zero-order valence-electron chi connectivity index (χ0n) is 11.5. The van der Waals surface area contributed by atoms with Crippen LogP contribution in [0.5, 0.6) is 0 Å². The zero-order chi connectivity index (χ0) is 14.0. The minimum Gasteiger partial charge on any atom is -0.326 e. The number of aryl methyl sites for hydroxylation is 1. The number of hydrazine groups is 1. The Morgan fingerprint density at radius 1 is 1.32 bits per heavy atom. The molecule has 1 aliphatic rings. The molecule has 0 aliphatic carbocycles. The molecule has 0 saturated carbocycles. The van der Waals surface area contributed by atoms with E-state index >= 15 is 0 Å². The van der Waals surface area contributed by atoms with Gasteiger partial charge >= 0.3 is 0 Å². The Bertz CT molecular complexity index is 468. The fourth-order valence-corrected chi connectivity index (χ4v) is 2.54. The number of benzene rings is 1. The van der Waals surface area contributed by atoms with Crippen LogP contribution in [0.2, 0.25) is 5.02 Å². The fourth-order valence-electron chi connectivity index (χ4n) is 2.36. The van der Waals surface area contributed by atoms with E-state index in [0.717, 1.165) is 11.3 Å². The average molecular weight is 282 g/mol. The minimum absolute atomic E-state index is 0.0223. The van der Waals surface area contributed by atoms with Crippen LogP contribution >= 0.6 is 11.6 Å². The zero-order valence-corrected chi connectivity index (χ0v) is 12.2. The number of amides is 1. The average Bonchev–Trinajstić information content (AvgIpc) is 2.66. The molecule has 1 aromatic carbocycles. The molecule has 1 saturated heterocycles. The van der Waals surface area contributed by atoms with Gasteiger partial charge in [-0.1, -0.05) is 17.7 Å². The van der Waals surface area contributed by atoms with E-state index in [0.29, 0.717) is 29.4 Å². The minimum atomic E-state index is 0.0223. The molecule has 0 radical (unpaired) electrons. The molecule has 1 aromatic rings. The first kappa shape index (κ1) is 14.3. The van der Waals surface area contributed by atoms with Crippen LogP contribution in [-0.4, -0.2) is 18.0 Å². The maximum atomic E-state index is 12.0. The van der Waals surface area contributed by atoms with Crippen molar-refractivity contribution in [3.63, 3.8) is 0 Å². The molecular formula is C14H20ClN3O. The summed E-state index contributed by atoms with van der Waals surface area (Å²) < 4.78 is 0. The van der Waals surface area contributed by atoms with Gasteiger partial charge in [-0.3, -0.25) is 15.6 Å². The summed E-state index contributed by atoms with van der Waals surface area (Å²) in [5.41, 5.74) is 8.06. The van der Waals surface area contributed by atoms with Crippen LogP contribution in [0.15, 0.2) is 18.2 Å². The van der Waals surface area contributed by atoms with Gasteiger partial charge < -0.3 is 5.32 Å². The van der Waals surface area contributed by atoms with Crippen molar-refractivity contribution in [2.45, 2.75) is 39.3 Å². The molecule has 5 heteroatoms. The molecule has 2 unspecified atom stereocenters. The Kier molecular flexibility index (Phi) is 4.45. The monoisotopic (exact) mass is 281 g/mol. The van der Waals surface area contributed by atoms with Crippen LogP contribution in [0, 0.1) is 12.8 Å². The predicted molar refractivity (Wildman–Crippen MR) is 78.1 cm³/mol. The molecule has 19 heavy (non-hydrogen) atoms. The van der Waals surface area contributed by atoms with Crippen molar-refractivity contribution in [3.05, 3.63) is 28.8 Å². The predicted octanol–water partition coefficient (Wildman–Crippen LogP) is 2.48. The smallest absolute Gasteiger partial charge is 0.224 e. The molecule has 2 atom stereocenters. The van der Waals surface area contributed by atoms with Gasteiger partial charge in [-0.25, -0.2) is 0 Å². The second kappa shape index (κ2) is 5.90. The van der Waals surface area contributed by atoms with Crippen LogP contribution in [0.25, 0.3) is 0 Å². The standard InChI is InChI=1S/C14H20ClN3O/c1-8-4-5-11(6-13(8)15)16-14(19)7-12-9(2)17-18-10(12)3/h4-6,9-10,12,17-18H,7H2,1-3H3,(H,16,19). The topological polar surface area (TPSA) is 53.2 Å². The normalized spacial score (nSPS) is 26.4. The van der Waals surface area contributed by atoms with Gasteiger partial charge in [-0.15, -0.1) is 0 Å². The molecule has 1 aliphatic heterocycles. The highest BCUT2D eigenvalue weighted by Crippen LogP contribution is 2.22. The number of rotatable bonds is 3. The Balaban J connectivity index is 1.95. The Morgan fingerprint density at radius 3 is 2.53 bits per heavy atom. The lowest BCUT2D eigenvalue weighted by molar-refractivity contribution is -0.117. The van der Waals surface area contributed by atoms with Gasteiger partial charge in [0, 0.05) is 35.1 Å². The molecule has 104 valence electrons. The number of hydrogen-bond acceptors (Lipinski definition) is 3. The van der Waals surface area contributed by atoms with Crippen molar-refractivity contribution in [1.82, 2.24) is 10.9 Å². The number of halogens is 1. The van der Waals surface area contributed by atoms with Crippen LogP contribution in [0.3, 0.4) is 0 Å². The first-order valence-corrected chi connectivity index (χ1v) is 6.92. The summed E-state index contributed by atoms with van der Waals surface area (Å²) in [6, 6.07) is 6.15. The van der Waals surface area contributed by atoms with E-state index in [1.54, 1.807) is 6.07 Å². The Hall–Kier alpha value is -1.10. The number of nitrogens with one attached hydrogen (secondary N) is 3. The van der Waals surface area contributed by atoms with E-state index in [1.807, 2.05) is 19.1 Å². The molecule has 2 rings (SSSR count). The SMILES string of the molecule is Cc1ccc(NC(=O)CC2C(C)NNC2C)cc1Cl. The van der Waals surface area contributed by atoms with Crippen molar-refractivity contribution in [2.24, 2.45) is 5.92 Å². The summed E-state index contributed by atoms with van der Waals surface area (Å²) >= 11 is 6.04. The van der Waals surface area contributed by atoms with Gasteiger partial charge in [0.1, 0.15) is 0 Å². The fraction of sp³-hybridized carbons (Fsp3) is 0.500. The van der Waals surface area contributed by atoms with Crippen LogP contribution in [0.1, 0.15) is 25.8 Å². The molecule has 1 heterocycles. The lowest BCUT2D eigenvalue weighted by Gasteiger charge is -2.17. The van der Waals surface area contributed by atoms with Gasteiger partial charge in [0.2, 0.25) is 5.91 Å². The van der Waals surface area contributed by atoms with Crippen molar-refractivity contribution < 1.29 is 4.79 Å². The second-order valence-electron chi connectivity index (χ2n) is 5.25. The summed E-state index contributed by atoms with van der Waals surface area (Å²) in [5, 5.41) is 3.57. The van der Waals surface area contributed by atoms with E-state index in [2.05, 4.69) is 30.0 Å². The lowest BCUT2D eigenvalue weighted by Crippen LogP contribution is -2.30. The van der Waals surface area contributed by atoms with E-state index in [4.69, 9.17) is 11.6 Å². The third kappa shape index (κ3) is 3.47. The van der Waals surface area contributed by atoms with Crippen LogP contribution < -0.4 is 16.2 Å². The quantitative estimate of drug-likeness (QED) is 0.798. The van der Waals surface area contributed by atoms with Crippen molar-refractivity contribution in [1.29, 1.82) is 0 Å². The summed E-state index contributed by atoms with van der Waals surface area (Å²) in [5.74, 6) is 0.315. The van der Waals surface area contributed by atoms with E-state index < -0.39 is 0 Å². The van der Waals surface area contributed by atoms with Crippen molar-refractivity contribution in [2.75, 3.05) is 5.32 Å². The maximum Gasteiger partial charge on any atom is 0.224 e. The van der Waals surface area contributed by atoms with E-state index in [1.165, 1.54) is 0 Å².